The highest BCUT2D eigenvalue weighted by atomic mass is 16.5. The Morgan fingerprint density at radius 2 is 1.16 bits per heavy atom. The Morgan fingerprint density at radius 3 is 1.70 bits per heavy atom. The van der Waals surface area contributed by atoms with Crippen LogP contribution in [0.2, 0.25) is 0 Å². The van der Waals surface area contributed by atoms with Gasteiger partial charge in [0.1, 0.15) is 22.8 Å². The van der Waals surface area contributed by atoms with Gasteiger partial charge in [-0.25, -0.2) is 0 Å². The predicted octanol–water partition coefficient (Wildman–Crippen LogP) is 10.2. The van der Waals surface area contributed by atoms with Crippen LogP contribution in [0, 0.1) is 5.41 Å². The zero-order valence-electron chi connectivity index (χ0n) is 37.4. The molecule has 9 heteroatoms. The Kier molecular flexibility index (Phi) is 14.0. The summed E-state index contributed by atoms with van der Waals surface area (Å²) in [6, 6.07) is 43.4. The molecular weight excluding hydrogens is 801 g/mol. The lowest BCUT2D eigenvalue weighted by atomic mass is 9.77. The van der Waals surface area contributed by atoms with Crippen LogP contribution in [0.15, 0.2) is 127 Å². The molecule has 1 saturated heterocycles. The topological polar surface area (TPSA) is 107 Å². The fourth-order valence-electron chi connectivity index (χ4n) is 9.57. The molecule has 0 unspecified atom stereocenters. The van der Waals surface area contributed by atoms with Gasteiger partial charge in [0.05, 0.1) is 34.5 Å². The van der Waals surface area contributed by atoms with Crippen molar-refractivity contribution in [1.82, 2.24) is 10.2 Å². The summed E-state index contributed by atoms with van der Waals surface area (Å²) in [6.07, 6.45) is 6.28. The molecule has 9 nitrogen and oxygen atoms in total. The molecule has 0 saturated carbocycles. The van der Waals surface area contributed by atoms with Gasteiger partial charge >= 0.3 is 0 Å². The molecule has 0 radical (unpaired) electrons. The number of likely N-dealkylation sites (tertiary alicyclic amines) is 1. The number of piperidine rings is 1. The SMILES string of the molecule is COc1ccc(C(OCC2(CO)CCN(C(=O)CCCCCNC(=O)CCCc3ccc4ccc5cccc6ccc3c4c56)CC2)(c2ccc(OC)cc2)c2ccc(OC)cc2)cc1. The third-order valence-corrected chi connectivity index (χ3v) is 13.5. The minimum absolute atomic E-state index is 0.0648. The van der Waals surface area contributed by atoms with E-state index in [0.29, 0.717) is 45.3 Å². The number of aryl methyl sites for hydroxylation is 1. The number of nitrogens with one attached hydrogen (secondary N) is 1. The highest BCUT2D eigenvalue weighted by Gasteiger charge is 2.43. The van der Waals surface area contributed by atoms with E-state index in [0.717, 1.165) is 66.0 Å². The number of carbonyl (C=O) groups excluding carboxylic acids is 2. The minimum atomic E-state index is -1.05. The summed E-state index contributed by atoms with van der Waals surface area (Å²) in [5.41, 5.74) is 2.40. The van der Waals surface area contributed by atoms with Crippen molar-refractivity contribution in [2.75, 3.05) is 54.2 Å². The average molecular weight is 861 g/mol. The Labute approximate surface area is 376 Å². The molecule has 0 atom stereocenters. The van der Waals surface area contributed by atoms with Crippen LogP contribution in [0.1, 0.15) is 73.6 Å². The summed E-state index contributed by atoms with van der Waals surface area (Å²) in [6.45, 7) is 1.91. The van der Waals surface area contributed by atoms with Crippen molar-refractivity contribution in [3.05, 3.63) is 150 Å². The summed E-state index contributed by atoms with van der Waals surface area (Å²) in [7, 11) is 4.94. The quantitative estimate of drug-likeness (QED) is 0.0447. The maximum absolute atomic E-state index is 13.4. The van der Waals surface area contributed by atoms with Gasteiger partial charge < -0.3 is 34.3 Å². The van der Waals surface area contributed by atoms with E-state index in [4.69, 9.17) is 18.9 Å². The first-order chi connectivity index (χ1) is 31.3. The van der Waals surface area contributed by atoms with Gasteiger partial charge in [-0.1, -0.05) is 97.4 Å². The van der Waals surface area contributed by atoms with E-state index < -0.39 is 11.0 Å². The van der Waals surface area contributed by atoms with Crippen molar-refractivity contribution in [2.24, 2.45) is 5.41 Å². The van der Waals surface area contributed by atoms with Gasteiger partial charge in [0.25, 0.3) is 0 Å². The second-order valence-electron chi connectivity index (χ2n) is 17.3. The molecule has 332 valence electrons. The van der Waals surface area contributed by atoms with Crippen molar-refractivity contribution in [1.29, 1.82) is 0 Å². The zero-order valence-corrected chi connectivity index (χ0v) is 37.4. The third kappa shape index (κ3) is 9.37. The third-order valence-electron chi connectivity index (χ3n) is 13.5. The molecule has 0 aromatic heterocycles. The molecule has 0 spiro atoms. The number of nitrogens with zero attached hydrogens (tertiary/aromatic N) is 1. The van der Waals surface area contributed by atoms with Gasteiger partial charge in [-0.05, 0) is 129 Å². The normalized spacial score (nSPS) is 14.0. The first-order valence-electron chi connectivity index (χ1n) is 22.7. The van der Waals surface area contributed by atoms with E-state index in [1.807, 2.05) is 77.7 Å². The summed E-state index contributed by atoms with van der Waals surface area (Å²) < 4.78 is 23.8. The van der Waals surface area contributed by atoms with Crippen molar-refractivity contribution < 1.29 is 33.6 Å². The standard InChI is InChI=1S/C55H60N2O7/c1-61-46-25-19-43(20-26-46)55(44-21-27-47(62-2)28-22-44,45-23-29-48(63-3)30-24-45)64-38-54(37-58)32-35-57(36-33-54)51(60)13-5-4-6-34-56-50(59)12-8-9-39-14-15-42-17-16-40-10-7-11-41-18-31-49(39)53(42)52(40)41/h7,10-11,14-31,58H,4-6,8-9,12-13,32-38H2,1-3H3,(H,56,59). The number of methoxy groups -OCH3 is 3. The summed E-state index contributed by atoms with van der Waals surface area (Å²) in [4.78, 5) is 28.1. The van der Waals surface area contributed by atoms with Crippen LogP contribution in [0.5, 0.6) is 17.2 Å². The molecule has 1 aliphatic heterocycles. The molecule has 1 fully saturated rings. The van der Waals surface area contributed by atoms with Crippen molar-refractivity contribution in [2.45, 2.75) is 63.4 Å². The zero-order chi connectivity index (χ0) is 44.5. The first-order valence-corrected chi connectivity index (χ1v) is 22.7. The Hall–Kier alpha value is -6.16. The van der Waals surface area contributed by atoms with Crippen LogP contribution in [0.4, 0.5) is 0 Å². The molecule has 1 heterocycles. The molecular formula is C55H60N2O7. The van der Waals surface area contributed by atoms with Gasteiger partial charge in [0.2, 0.25) is 11.8 Å². The van der Waals surface area contributed by atoms with Gasteiger partial charge in [-0.3, -0.25) is 9.59 Å². The van der Waals surface area contributed by atoms with E-state index in [9.17, 15) is 14.7 Å². The minimum Gasteiger partial charge on any atom is -0.497 e. The number of aliphatic hydroxyl groups is 1. The van der Waals surface area contributed by atoms with Crippen molar-refractivity contribution in [3.63, 3.8) is 0 Å². The lowest BCUT2D eigenvalue weighted by Gasteiger charge is -2.44. The fourth-order valence-corrected chi connectivity index (χ4v) is 9.57. The lowest BCUT2D eigenvalue weighted by Crippen LogP contribution is -2.48. The highest BCUT2D eigenvalue weighted by molar-refractivity contribution is 6.23. The second kappa shape index (κ2) is 20.1. The van der Waals surface area contributed by atoms with E-state index in [-0.39, 0.29) is 25.0 Å². The predicted molar refractivity (Wildman–Crippen MR) is 255 cm³/mol. The second-order valence-corrected chi connectivity index (χ2v) is 17.3. The number of aliphatic hydroxyl groups excluding tert-OH is 1. The summed E-state index contributed by atoms with van der Waals surface area (Å²) in [5.74, 6) is 2.41. The molecule has 8 rings (SSSR count). The lowest BCUT2D eigenvalue weighted by molar-refractivity contribution is -0.137. The number of ether oxygens (including phenoxy) is 4. The van der Waals surface area contributed by atoms with Gasteiger partial charge in [-0.15, -0.1) is 0 Å². The number of hydrogen-bond donors (Lipinski definition) is 2. The van der Waals surface area contributed by atoms with Gasteiger partial charge in [0.15, 0.2) is 0 Å². The molecule has 7 aromatic carbocycles. The first kappa shape index (κ1) is 44.4. The van der Waals surface area contributed by atoms with Crippen LogP contribution < -0.4 is 19.5 Å². The van der Waals surface area contributed by atoms with E-state index in [2.05, 4.69) is 59.9 Å². The van der Waals surface area contributed by atoms with Gasteiger partial charge in [-0.2, -0.15) is 0 Å². The van der Waals surface area contributed by atoms with E-state index in [1.165, 1.54) is 37.9 Å². The van der Waals surface area contributed by atoms with E-state index in [1.54, 1.807) is 21.3 Å². The molecule has 0 bridgehead atoms. The van der Waals surface area contributed by atoms with Crippen LogP contribution in [-0.2, 0) is 26.3 Å². The molecule has 2 amide bonds. The number of carbonyl (C=O) groups is 2. The maximum atomic E-state index is 13.4. The number of amides is 2. The molecule has 64 heavy (non-hydrogen) atoms. The maximum Gasteiger partial charge on any atom is 0.222 e. The van der Waals surface area contributed by atoms with Crippen LogP contribution >= 0.6 is 0 Å². The van der Waals surface area contributed by atoms with Gasteiger partial charge in [0, 0.05) is 37.9 Å². The average Bonchev–Trinajstić information content (AvgIpc) is 3.35. The number of rotatable bonds is 20. The van der Waals surface area contributed by atoms with E-state index >= 15 is 0 Å². The Morgan fingerprint density at radius 1 is 0.625 bits per heavy atom. The Balaban J connectivity index is 0.815. The van der Waals surface area contributed by atoms with Crippen LogP contribution in [0.25, 0.3) is 32.3 Å². The molecule has 7 aromatic rings. The van der Waals surface area contributed by atoms with Crippen LogP contribution in [-0.4, -0.2) is 76.0 Å². The summed E-state index contributed by atoms with van der Waals surface area (Å²) in [5, 5.41) is 21.8. The fraction of sp³-hybridized carbons (Fsp3) is 0.345. The molecule has 0 aliphatic carbocycles. The molecule has 1 aliphatic rings. The number of hydrogen-bond acceptors (Lipinski definition) is 7. The summed E-state index contributed by atoms with van der Waals surface area (Å²) >= 11 is 0. The van der Waals surface area contributed by atoms with Crippen molar-refractivity contribution >= 4 is 44.1 Å². The number of benzene rings is 7. The monoisotopic (exact) mass is 860 g/mol. The van der Waals surface area contributed by atoms with Crippen LogP contribution in [0.3, 0.4) is 0 Å². The molecule has 2 N–H and O–H groups in total. The Bertz CT molecular complexity index is 2500. The largest absolute Gasteiger partial charge is 0.497 e. The highest BCUT2D eigenvalue weighted by Crippen LogP contribution is 2.45. The van der Waals surface area contributed by atoms with Crippen molar-refractivity contribution in [3.8, 4) is 17.2 Å². The smallest absolute Gasteiger partial charge is 0.222 e. The number of unbranched alkanes of at least 4 members (excludes halogenated alkanes) is 2.